The molecule has 3 aromatic rings. The predicted octanol–water partition coefficient (Wildman–Crippen LogP) is 3.51. The summed E-state index contributed by atoms with van der Waals surface area (Å²) >= 11 is 6.25. The molecule has 0 aliphatic rings. The Balaban J connectivity index is 2.32. The first-order valence-electron chi connectivity index (χ1n) is 6.35. The summed E-state index contributed by atoms with van der Waals surface area (Å²) in [5.74, 6) is 0.956. The van der Waals surface area contributed by atoms with Gasteiger partial charge in [-0.15, -0.1) is 0 Å². The van der Waals surface area contributed by atoms with Crippen LogP contribution in [-0.2, 0) is 6.42 Å². The van der Waals surface area contributed by atoms with Gasteiger partial charge in [0, 0.05) is 11.6 Å². The van der Waals surface area contributed by atoms with E-state index in [0.717, 1.165) is 22.9 Å². The monoisotopic (exact) mass is 288 g/mol. The molecular formula is C14H13ClN4O. The third-order valence-electron chi connectivity index (χ3n) is 3.26. The van der Waals surface area contributed by atoms with Crippen LogP contribution in [0.15, 0.2) is 16.8 Å². The van der Waals surface area contributed by atoms with E-state index in [-0.39, 0.29) is 0 Å². The van der Waals surface area contributed by atoms with Crippen molar-refractivity contribution < 1.29 is 4.52 Å². The summed E-state index contributed by atoms with van der Waals surface area (Å²) in [6.07, 6.45) is 2.74. The summed E-state index contributed by atoms with van der Waals surface area (Å²) in [7, 11) is 0. The van der Waals surface area contributed by atoms with Gasteiger partial charge in [-0.3, -0.25) is 0 Å². The molecule has 0 saturated heterocycles. The normalized spacial score (nSPS) is 11.2. The number of pyridine rings is 2. The predicted molar refractivity (Wildman–Crippen MR) is 76.7 cm³/mol. The van der Waals surface area contributed by atoms with Crippen molar-refractivity contribution in [1.82, 2.24) is 20.1 Å². The Morgan fingerprint density at radius 1 is 1.25 bits per heavy atom. The van der Waals surface area contributed by atoms with Gasteiger partial charge in [0.25, 0.3) is 5.89 Å². The van der Waals surface area contributed by atoms with Gasteiger partial charge in [0.1, 0.15) is 5.15 Å². The number of rotatable bonds is 2. The van der Waals surface area contributed by atoms with E-state index in [1.54, 1.807) is 6.92 Å². The fourth-order valence-electron chi connectivity index (χ4n) is 2.14. The van der Waals surface area contributed by atoms with Gasteiger partial charge < -0.3 is 4.52 Å². The van der Waals surface area contributed by atoms with E-state index in [1.807, 2.05) is 13.1 Å². The summed E-state index contributed by atoms with van der Waals surface area (Å²) in [4.78, 5) is 12.9. The van der Waals surface area contributed by atoms with Crippen LogP contribution in [0.1, 0.15) is 23.9 Å². The maximum absolute atomic E-state index is 6.25. The van der Waals surface area contributed by atoms with Gasteiger partial charge in [0.15, 0.2) is 11.5 Å². The Morgan fingerprint density at radius 3 is 2.70 bits per heavy atom. The zero-order valence-corrected chi connectivity index (χ0v) is 12.2. The van der Waals surface area contributed by atoms with Crippen molar-refractivity contribution in [3.8, 4) is 11.5 Å². The van der Waals surface area contributed by atoms with Crippen molar-refractivity contribution in [3.63, 3.8) is 0 Å². The third-order valence-corrected chi connectivity index (χ3v) is 3.54. The zero-order valence-electron chi connectivity index (χ0n) is 11.4. The van der Waals surface area contributed by atoms with Gasteiger partial charge in [-0.25, -0.2) is 9.97 Å². The summed E-state index contributed by atoms with van der Waals surface area (Å²) in [5, 5.41) is 5.09. The molecule has 102 valence electrons. The van der Waals surface area contributed by atoms with Crippen LogP contribution in [0, 0.1) is 13.8 Å². The molecule has 0 aliphatic carbocycles. The maximum atomic E-state index is 6.25. The Morgan fingerprint density at radius 2 is 2.05 bits per heavy atom. The van der Waals surface area contributed by atoms with E-state index >= 15 is 0 Å². The highest BCUT2D eigenvalue weighted by atomic mass is 35.5. The molecule has 0 radical (unpaired) electrons. The van der Waals surface area contributed by atoms with Crippen molar-refractivity contribution in [2.24, 2.45) is 0 Å². The highest BCUT2D eigenvalue weighted by molar-refractivity contribution is 6.32. The molecule has 3 aromatic heterocycles. The average Bonchev–Trinajstić information content (AvgIpc) is 2.85. The van der Waals surface area contributed by atoms with Crippen molar-refractivity contribution >= 4 is 22.6 Å². The molecule has 0 N–H and O–H groups in total. The van der Waals surface area contributed by atoms with Crippen LogP contribution in [0.25, 0.3) is 22.5 Å². The van der Waals surface area contributed by atoms with Gasteiger partial charge in [-0.05, 0) is 37.5 Å². The van der Waals surface area contributed by atoms with Crippen LogP contribution in [-0.4, -0.2) is 20.1 Å². The number of fused-ring (bicyclic) bond motifs is 1. The van der Waals surface area contributed by atoms with E-state index in [4.69, 9.17) is 16.1 Å². The molecule has 0 atom stereocenters. The summed E-state index contributed by atoms with van der Waals surface area (Å²) in [6, 6.07) is 2.08. The van der Waals surface area contributed by atoms with Gasteiger partial charge in [-0.1, -0.05) is 23.7 Å². The molecular weight excluding hydrogens is 276 g/mol. The number of hydrogen-bond donors (Lipinski definition) is 0. The number of halogens is 1. The second-order valence-electron chi connectivity index (χ2n) is 4.62. The van der Waals surface area contributed by atoms with Crippen LogP contribution in [0.2, 0.25) is 5.15 Å². The number of aromatic nitrogens is 4. The highest BCUT2D eigenvalue weighted by Gasteiger charge is 2.18. The van der Waals surface area contributed by atoms with Gasteiger partial charge >= 0.3 is 0 Å². The molecule has 3 rings (SSSR count). The second-order valence-corrected chi connectivity index (χ2v) is 4.98. The number of nitrogens with zero attached hydrogens (tertiary/aromatic N) is 4. The fourth-order valence-corrected chi connectivity index (χ4v) is 2.45. The van der Waals surface area contributed by atoms with Crippen LogP contribution in [0.3, 0.4) is 0 Å². The second kappa shape index (κ2) is 4.83. The Labute approximate surface area is 121 Å². The first-order chi connectivity index (χ1) is 9.60. The molecule has 0 bridgehead atoms. The first-order valence-corrected chi connectivity index (χ1v) is 6.73. The SMILES string of the molecule is CCc1cnc2nc(Cl)c(-c3nc(C)no3)c(C)c2c1. The molecule has 3 heterocycles. The van der Waals surface area contributed by atoms with Gasteiger partial charge in [-0.2, -0.15) is 4.98 Å². The van der Waals surface area contributed by atoms with Crippen molar-refractivity contribution in [1.29, 1.82) is 0 Å². The molecule has 0 aliphatic heterocycles. The molecule has 0 unspecified atom stereocenters. The number of hydrogen-bond acceptors (Lipinski definition) is 5. The summed E-state index contributed by atoms with van der Waals surface area (Å²) < 4.78 is 5.21. The van der Waals surface area contributed by atoms with E-state index in [0.29, 0.717) is 28.1 Å². The average molecular weight is 289 g/mol. The largest absolute Gasteiger partial charge is 0.334 e. The molecule has 5 nitrogen and oxygen atoms in total. The minimum absolute atomic E-state index is 0.329. The Kier molecular flexibility index (Phi) is 3.14. The lowest BCUT2D eigenvalue weighted by Crippen LogP contribution is -1.95. The van der Waals surface area contributed by atoms with E-state index in [1.165, 1.54) is 0 Å². The molecule has 20 heavy (non-hydrogen) atoms. The van der Waals surface area contributed by atoms with Gasteiger partial charge in [0.05, 0.1) is 5.56 Å². The molecule has 0 fully saturated rings. The first kappa shape index (κ1) is 13.0. The molecule has 0 spiro atoms. The van der Waals surface area contributed by atoms with Crippen molar-refractivity contribution in [3.05, 3.63) is 34.4 Å². The summed E-state index contributed by atoms with van der Waals surface area (Å²) in [5.41, 5.74) is 3.41. The number of aryl methyl sites for hydroxylation is 3. The lowest BCUT2D eigenvalue weighted by molar-refractivity contribution is 0.425. The minimum Gasteiger partial charge on any atom is -0.334 e. The Hall–Kier alpha value is -2.01. The van der Waals surface area contributed by atoms with E-state index < -0.39 is 0 Å². The quantitative estimate of drug-likeness (QED) is 0.675. The van der Waals surface area contributed by atoms with Crippen molar-refractivity contribution in [2.45, 2.75) is 27.2 Å². The molecule has 0 saturated carbocycles. The summed E-state index contributed by atoms with van der Waals surface area (Å²) in [6.45, 7) is 5.82. The topological polar surface area (TPSA) is 64.7 Å². The third kappa shape index (κ3) is 2.04. The smallest absolute Gasteiger partial charge is 0.261 e. The molecule has 0 aromatic carbocycles. The van der Waals surface area contributed by atoms with Crippen LogP contribution in [0.4, 0.5) is 0 Å². The minimum atomic E-state index is 0.329. The Bertz CT molecular complexity index is 797. The molecule has 6 heteroatoms. The van der Waals surface area contributed by atoms with Crippen LogP contribution >= 0.6 is 11.6 Å². The maximum Gasteiger partial charge on any atom is 0.261 e. The molecule has 0 amide bonds. The fraction of sp³-hybridized carbons (Fsp3) is 0.286. The standard InChI is InChI=1S/C14H13ClN4O/c1-4-9-5-10-7(2)11(14-17-8(3)19-20-14)12(15)18-13(10)16-6-9/h5-6H,4H2,1-3H3. The van der Waals surface area contributed by atoms with Crippen LogP contribution < -0.4 is 0 Å². The van der Waals surface area contributed by atoms with Crippen LogP contribution in [0.5, 0.6) is 0 Å². The van der Waals surface area contributed by atoms with Gasteiger partial charge in [0.2, 0.25) is 0 Å². The lowest BCUT2D eigenvalue weighted by atomic mass is 10.1. The van der Waals surface area contributed by atoms with E-state index in [9.17, 15) is 0 Å². The van der Waals surface area contributed by atoms with Crippen molar-refractivity contribution in [2.75, 3.05) is 0 Å². The lowest BCUT2D eigenvalue weighted by Gasteiger charge is -2.08. The highest BCUT2D eigenvalue weighted by Crippen LogP contribution is 2.33. The zero-order chi connectivity index (χ0) is 14.3. The van der Waals surface area contributed by atoms with E-state index in [2.05, 4.69) is 33.1 Å².